The standard InChI is InChI=1S/C19H18FN3OS/c1-3-21-19-23(22-13(2)14-8-5-7-11-18(14)24)17(12-25-19)15-9-4-6-10-16(15)20/h4-12,24H,3H2,1-2H3. The maximum atomic E-state index is 14.2. The summed E-state index contributed by atoms with van der Waals surface area (Å²) in [7, 11) is 0. The average molecular weight is 355 g/mol. The van der Waals surface area contributed by atoms with E-state index in [-0.39, 0.29) is 11.6 Å². The summed E-state index contributed by atoms with van der Waals surface area (Å²) in [5.41, 5.74) is 2.34. The molecule has 128 valence electrons. The Hall–Kier alpha value is -2.73. The Bertz CT molecular complexity index is 988. The fourth-order valence-corrected chi connectivity index (χ4v) is 3.36. The molecule has 3 aromatic rings. The lowest BCUT2D eigenvalue weighted by molar-refractivity contribution is 0.474. The van der Waals surface area contributed by atoms with Gasteiger partial charge in [-0.1, -0.05) is 24.3 Å². The molecule has 0 aliphatic carbocycles. The van der Waals surface area contributed by atoms with Crippen molar-refractivity contribution in [2.75, 3.05) is 6.54 Å². The van der Waals surface area contributed by atoms with Crippen molar-refractivity contribution in [1.82, 2.24) is 4.68 Å². The number of halogens is 1. The molecule has 4 nitrogen and oxygen atoms in total. The van der Waals surface area contributed by atoms with Gasteiger partial charge in [0, 0.05) is 23.1 Å². The number of phenols is 1. The van der Waals surface area contributed by atoms with Crippen LogP contribution >= 0.6 is 11.3 Å². The summed E-state index contributed by atoms with van der Waals surface area (Å²) >= 11 is 1.41. The first-order chi connectivity index (χ1) is 12.1. The number of nitrogens with zero attached hydrogens (tertiary/aromatic N) is 3. The van der Waals surface area contributed by atoms with Gasteiger partial charge in [0.25, 0.3) is 0 Å². The largest absolute Gasteiger partial charge is 0.507 e. The van der Waals surface area contributed by atoms with E-state index in [2.05, 4.69) is 10.1 Å². The van der Waals surface area contributed by atoms with Gasteiger partial charge in [-0.3, -0.25) is 4.99 Å². The monoisotopic (exact) mass is 355 g/mol. The van der Waals surface area contributed by atoms with Crippen molar-refractivity contribution in [2.45, 2.75) is 13.8 Å². The van der Waals surface area contributed by atoms with Crippen LogP contribution in [-0.4, -0.2) is 22.0 Å². The number of aromatic nitrogens is 1. The van der Waals surface area contributed by atoms with Gasteiger partial charge in [0.2, 0.25) is 4.80 Å². The summed E-state index contributed by atoms with van der Waals surface area (Å²) in [6, 6.07) is 13.6. The molecule has 0 saturated heterocycles. The third-order valence-corrected chi connectivity index (χ3v) is 4.53. The Labute approximate surface area is 149 Å². The van der Waals surface area contributed by atoms with E-state index in [0.717, 1.165) is 0 Å². The Morgan fingerprint density at radius 3 is 2.60 bits per heavy atom. The van der Waals surface area contributed by atoms with E-state index in [1.807, 2.05) is 18.4 Å². The van der Waals surface area contributed by atoms with Gasteiger partial charge in [0.05, 0.1) is 11.4 Å². The summed E-state index contributed by atoms with van der Waals surface area (Å²) in [5.74, 6) is -0.159. The first kappa shape index (κ1) is 17.1. The van der Waals surface area contributed by atoms with Crippen LogP contribution in [0.4, 0.5) is 4.39 Å². The molecular formula is C19H18FN3OS. The molecule has 1 N–H and O–H groups in total. The van der Waals surface area contributed by atoms with Crippen molar-refractivity contribution >= 4 is 17.0 Å². The van der Waals surface area contributed by atoms with Crippen molar-refractivity contribution in [3.63, 3.8) is 0 Å². The highest BCUT2D eigenvalue weighted by molar-refractivity contribution is 7.07. The first-order valence-corrected chi connectivity index (χ1v) is 8.79. The quantitative estimate of drug-likeness (QED) is 0.699. The maximum Gasteiger partial charge on any atom is 0.206 e. The normalized spacial score (nSPS) is 12.6. The van der Waals surface area contributed by atoms with E-state index >= 15 is 0 Å². The van der Waals surface area contributed by atoms with Crippen molar-refractivity contribution in [3.8, 4) is 17.0 Å². The van der Waals surface area contributed by atoms with E-state index in [1.54, 1.807) is 48.0 Å². The van der Waals surface area contributed by atoms with Crippen LogP contribution in [0.25, 0.3) is 11.3 Å². The fourth-order valence-electron chi connectivity index (χ4n) is 2.48. The molecule has 25 heavy (non-hydrogen) atoms. The smallest absolute Gasteiger partial charge is 0.206 e. The highest BCUT2D eigenvalue weighted by Crippen LogP contribution is 2.24. The number of thiazole rings is 1. The molecule has 2 aromatic carbocycles. The van der Waals surface area contributed by atoms with Crippen LogP contribution in [0.15, 0.2) is 64.0 Å². The molecular weight excluding hydrogens is 337 g/mol. The van der Waals surface area contributed by atoms with Gasteiger partial charge in [-0.05, 0) is 38.1 Å². The van der Waals surface area contributed by atoms with Crippen molar-refractivity contribution in [3.05, 3.63) is 70.1 Å². The SMILES string of the molecule is CCN=c1scc(-c2ccccc2F)n1N=C(C)c1ccccc1O. The minimum atomic E-state index is -0.312. The molecule has 0 bridgehead atoms. The zero-order valence-corrected chi connectivity index (χ0v) is 14.8. The van der Waals surface area contributed by atoms with E-state index in [1.165, 1.54) is 17.4 Å². The number of para-hydroxylation sites is 1. The van der Waals surface area contributed by atoms with E-state index < -0.39 is 0 Å². The second kappa shape index (κ2) is 7.44. The number of hydrogen-bond acceptors (Lipinski definition) is 4. The fraction of sp³-hybridized carbons (Fsp3) is 0.158. The second-order valence-electron chi connectivity index (χ2n) is 5.37. The summed E-state index contributed by atoms with van der Waals surface area (Å²) in [6.45, 7) is 4.34. The summed E-state index contributed by atoms with van der Waals surface area (Å²) in [6.07, 6.45) is 0. The van der Waals surface area contributed by atoms with E-state index in [9.17, 15) is 9.50 Å². The van der Waals surface area contributed by atoms with Crippen molar-refractivity contribution < 1.29 is 9.50 Å². The van der Waals surface area contributed by atoms with Gasteiger partial charge in [0.1, 0.15) is 11.6 Å². The number of phenolic OH excluding ortho intramolecular Hbond substituents is 1. The van der Waals surface area contributed by atoms with Gasteiger partial charge in [-0.2, -0.15) is 5.10 Å². The summed E-state index contributed by atoms with van der Waals surface area (Å²) in [4.78, 5) is 5.12. The molecule has 3 rings (SSSR count). The number of rotatable bonds is 4. The number of hydrogen-bond donors (Lipinski definition) is 1. The minimum Gasteiger partial charge on any atom is -0.507 e. The molecule has 1 heterocycles. The number of benzene rings is 2. The highest BCUT2D eigenvalue weighted by Gasteiger charge is 2.13. The van der Waals surface area contributed by atoms with Crippen LogP contribution in [0, 0.1) is 5.82 Å². The minimum absolute atomic E-state index is 0.154. The first-order valence-electron chi connectivity index (χ1n) is 7.91. The van der Waals surface area contributed by atoms with Gasteiger partial charge in [0.15, 0.2) is 0 Å². The van der Waals surface area contributed by atoms with Gasteiger partial charge in [-0.25, -0.2) is 9.07 Å². The van der Waals surface area contributed by atoms with Crippen LogP contribution in [0.5, 0.6) is 5.75 Å². The summed E-state index contributed by atoms with van der Waals surface area (Å²) in [5, 5.41) is 16.5. The lowest BCUT2D eigenvalue weighted by Crippen LogP contribution is -2.14. The van der Waals surface area contributed by atoms with Crippen molar-refractivity contribution in [1.29, 1.82) is 0 Å². The maximum absolute atomic E-state index is 14.2. The molecule has 0 atom stereocenters. The lowest BCUT2D eigenvalue weighted by Gasteiger charge is -2.08. The second-order valence-corrected chi connectivity index (χ2v) is 6.21. The van der Waals surface area contributed by atoms with Gasteiger partial charge < -0.3 is 5.11 Å². The molecule has 0 fully saturated rings. The molecule has 0 saturated carbocycles. The van der Waals surface area contributed by atoms with Crippen LogP contribution < -0.4 is 4.80 Å². The van der Waals surface area contributed by atoms with Gasteiger partial charge >= 0.3 is 0 Å². The zero-order chi connectivity index (χ0) is 17.8. The molecule has 0 spiro atoms. The zero-order valence-electron chi connectivity index (χ0n) is 14.0. The Kier molecular flexibility index (Phi) is 5.09. The van der Waals surface area contributed by atoms with Crippen LogP contribution in [0.1, 0.15) is 19.4 Å². The Morgan fingerprint density at radius 1 is 1.16 bits per heavy atom. The third-order valence-electron chi connectivity index (χ3n) is 3.67. The topological polar surface area (TPSA) is 49.9 Å². The van der Waals surface area contributed by atoms with Gasteiger partial charge in [-0.15, -0.1) is 11.3 Å². The molecule has 0 radical (unpaired) electrons. The highest BCUT2D eigenvalue weighted by atomic mass is 32.1. The molecule has 1 aromatic heterocycles. The Morgan fingerprint density at radius 2 is 1.88 bits per heavy atom. The summed E-state index contributed by atoms with van der Waals surface area (Å²) < 4.78 is 15.9. The van der Waals surface area contributed by atoms with E-state index in [4.69, 9.17) is 0 Å². The molecule has 0 aliphatic heterocycles. The number of aromatic hydroxyl groups is 1. The predicted octanol–water partition coefficient (Wildman–Crippen LogP) is 4.25. The van der Waals surface area contributed by atoms with Crippen LogP contribution in [0.2, 0.25) is 0 Å². The van der Waals surface area contributed by atoms with Crippen LogP contribution in [0.3, 0.4) is 0 Å². The van der Waals surface area contributed by atoms with E-state index in [0.29, 0.717) is 33.9 Å². The molecule has 0 aliphatic rings. The Balaban J connectivity index is 2.20. The predicted molar refractivity (Wildman–Crippen MR) is 99.5 cm³/mol. The molecule has 0 amide bonds. The van der Waals surface area contributed by atoms with Crippen molar-refractivity contribution in [2.24, 2.45) is 10.1 Å². The average Bonchev–Trinajstić information content (AvgIpc) is 2.98. The molecule has 6 heteroatoms. The third kappa shape index (κ3) is 3.53. The van der Waals surface area contributed by atoms with Crippen LogP contribution in [-0.2, 0) is 0 Å². The molecule has 0 unspecified atom stereocenters. The lowest BCUT2D eigenvalue weighted by atomic mass is 10.1.